The first-order valence-electron chi connectivity index (χ1n) is 6.92. The quantitative estimate of drug-likeness (QED) is 0.706. The number of nitrogens with one attached hydrogen (secondary N) is 2. The topological polar surface area (TPSA) is 84.2 Å². The molecule has 0 amide bonds. The number of hydrogen-bond acceptors (Lipinski definition) is 6. The molecule has 3 aromatic rings. The molecule has 0 bridgehead atoms. The standard InChI is InChI=1S/C14H16N6O/c1-3-15-12-18-13(16-4-2)20-11(21)9-7-5-6-8-10(9)17-14(20)19-12/h5-8H,3-4H2,1-2H3,(H2,15,16,17,18,19). The molecule has 2 aromatic heterocycles. The number of nitrogens with zero attached hydrogens (tertiary/aromatic N) is 4. The summed E-state index contributed by atoms with van der Waals surface area (Å²) in [6, 6.07) is 7.23. The number of aromatic nitrogens is 4. The van der Waals surface area contributed by atoms with Gasteiger partial charge in [-0.1, -0.05) is 12.1 Å². The molecule has 21 heavy (non-hydrogen) atoms. The van der Waals surface area contributed by atoms with E-state index < -0.39 is 0 Å². The van der Waals surface area contributed by atoms with Gasteiger partial charge < -0.3 is 10.6 Å². The van der Waals surface area contributed by atoms with Crippen LogP contribution in [0.15, 0.2) is 29.1 Å². The Balaban J connectivity index is 2.40. The van der Waals surface area contributed by atoms with Crippen molar-refractivity contribution < 1.29 is 0 Å². The minimum atomic E-state index is -0.172. The first-order valence-corrected chi connectivity index (χ1v) is 6.92. The van der Waals surface area contributed by atoms with Crippen molar-refractivity contribution >= 4 is 28.6 Å². The molecule has 1 aromatic carbocycles. The number of fused-ring (bicyclic) bond motifs is 2. The third-order valence-corrected chi connectivity index (χ3v) is 3.06. The van der Waals surface area contributed by atoms with Crippen molar-refractivity contribution in [3.8, 4) is 0 Å². The minimum absolute atomic E-state index is 0.172. The van der Waals surface area contributed by atoms with Crippen molar-refractivity contribution in [1.29, 1.82) is 0 Å². The Hall–Kier alpha value is -2.70. The zero-order valence-electron chi connectivity index (χ0n) is 11.9. The summed E-state index contributed by atoms with van der Waals surface area (Å²) in [5.41, 5.74) is 0.459. The van der Waals surface area contributed by atoms with Gasteiger partial charge in [-0.15, -0.1) is 0 Å². The van der Waals surface area contributed by atoms with Crippen LogP contribution in [0.1, 0.15) is 13.8 Å². The fourth-order valence-corrected chi connectivity index (χ4v) is 2.17. The average Bonchev–Trinajstić information content (AvgIpc) is 2.48. The molecule has 0 unspecified atom stereocenters. The van der Waals surface area contributed by atoms with Gasteiger partial charge >= 0.3 is 0 Å². The second-order valence-electron chi connectivity index (χ2n) is 4.50. The van der Waals surface area contributed by atoms with Gasteiger partial charge in [0, 0.05) is 13.1 Å². The third-order valence-electron chi connectivity index (χ3n) is 3.06. The van der Waals surface area contributed by atoms with Crippen LogP contribution in [-0.4, -0.2) is 32.4 Å². The van der Waals surface area contributed by atoms with Gasteiger partial charge in [-0.3, -0.25) is 4.79 Å². The van der Waals surface area contributed by atoms with E-state index in [0.29, 0.717) is 41.7 Å². The van der Waals surface area contributed by atoms with E-state index in [4.69, 9.17) is 0 Å². The molecule has 2 N–H and O–H groups in total. The molecule has 0 saturated heterocycles. The molecule has 108 valence electrons. The number of rotatable bonds is 4. The third kappa shape index (κ3) is 2.26. The van der Waals surface area contributed by atoms with Crippen LogP contribution in [0.3, 0.4) is 0 Å². The Morgan fingerprint density at radius 3 is 2.57 bits per heavy atom. The molecule has 0 aliphatic heterocycles. The maximum atomic E-state index is 12.6. The first-order chi connectivity index (χ1) is 10.2. The van der Waals surface area contributed by atoms with E-state index in [1.807, 2.05) is 26.0 Å². The molecule has 7 nitrogen and oxygen atoms in total. The van der Waals surface area contributed by atoms with Crippen LogP contribution in [0, 0.1) is 0 Å². The summed E-state index contributed by atoms with van der Waals surface area (Å²) in [5.74, 6) is 1.23. The maximum Gasteiger partial charge on any atom is 0.269 e. The van der Waals surface area contributed by atoms with Crippen molar-refractivity contribution in [2.45, 2.75) is 13.8 Å². The second kappa shape index (κ2) is 5.35. The Labute approximate surface area is 121 Å². The van der Waals surface area contributed by atoms with Crippen LogP contribution in [-0.2, 0) is 0 Å². The normalized spacial score (nSPS) is 11.0. The Morgan fingerprint density at radius 2 is 1.81 bits per heavy atom. The van der Waals surface area contributed by atoms with E-state index in [2.05, 4.69) is 25.6 Å². The lowest BCUT2D eigenvalue weighted by Crippen LogP contribution is -2.22. The van der Waals surface area contributed by atoms with E-state index in [1.54, 1.807) is 12.1 Å². The van der Waals surface area contributed by atoms with Crippen LogP contribution in [0.25, 0.3) is 16.7 Å². The monoisotopic (exact) mass is 284 g/mol. The predicted molar refractivity (Wildman–Crippen MR) is 82.9 cm³/mol. The predicted octanol–water partition coefficient (Wildman–Crippen LogP) is 1.50. The van der Waals surface area contributed by atoms with E-state index in [1.165, 1.54) is 4.40 Å². The summed E-state index contributed by atoms with van der Waals surface area (Å²) >= 11 is 0. The highest BCUT2D eigenvalue weighted by atomic mass is 16.1. The van der Waals surface area contributed by atoms with Gasteiger partial charge in [-0.05, 0) is 26.0 Å². The molecule has 7 heteroatoms. The van der Waals surface area contributed by atoms with Crippen molar-refractivity contribution in [1.82, 2.24) is 19.4 Å². The van der Waals surface area contributed by atoms with Gasteiger partial charge in [0.2, 0.25) is 17.7 Å². The zero-order valence-corrected chi connectivity index (χ0v) is 11.9. The maximum absolute atomic E-state index is 12.6. The minimum Gasteiger partial charge on any atom is -0.355 e. The molecule has 3 rings (SSSR count). The highest BCUT2D eigenvalue weighted by Gasteiger charge is 2.12. The fourth-order valence-electron chi connectivity index (χ4n) is 2.17. The van der Waals surface area contributed by atoms with Crippen LogP contribution in [0.2, 0.25) is 0 Å². The van der Waals surface area contributed by atoms with Gasteiger partial charge in [0.15, 0.2) is 0 Å². The lowest BCUT2D eigenvalue weighted by atomic mass is 10.2. The van der Waals surface area contributed by atoms with Crippen molar-refractivity contribution in [3.63, 3.8) is 0 Å². The second-order valence-corrected chi connectivity index (χ2v) is 4.50. The Bertz CT molecular complexity index is 857. The number of benzene rings is 1. The van der Waals surface area contributed by atoms with Gasteiger partial charge in [0.1, 0.15) is 0 Å². The van der Waals surface area contributed by atoms with Crippen molar-refractivity contribution in [3.05, 3.63) is 34.6 Å². The van der Waals surface area contributed by atoms with Crippen molar-refractivity contribution in [2.24, 2.45) is 0 Å². The van der Waals surface area contributed by atoms with Crippen LogP contribution in [0.5, 0.6) is 0 Å². The van der Waals surface area contributed by atoms with E-state index in [-0.39, 0.29) is 5.56 Å². The molecule has 0 aliphatic rings. The van der Waals surface area contributed by atoms with E-state index in [0.717, 1.165) is 0 Å². The van der Waals surface area contributed by atoms with Crippen LogP contribution < -0.4 is 16.2 Å². The first kappa shape index (κ1) is 13.3. The van der Waals surface area contributed by atoms with Gasteiger partial charge in [0.05, 0.1) is 10.9 Å². The van der Waals surface area contributed by atoms with E-state index >= 15 is 0 Å². The Kier molecular flexibility index (Phi) is 3.39. The van der Waals surface area contributed by atoms with Gasteiger partial charge in [-0.25, -0.2) is 9.38 Å². The van der Waals surface area contributed by atoms with Crippen molar-refractivity contribution in [2.75, 3.05) is 23.7 Å². The van der Waals surface area contributed by atoms with Crippen LogP contribution in [0.4, 0.5) is 11.9 Å². The van der Waals surface area contributed by atoms with Crippen LogP contribution >= 0.6 is 0 Å². The summed E-state index contributed by atoms with van der Waals surface area (Å²) in [5, 5.41) is 6.69. The highest BCUT2D eigenvalue weighted by molar-refractivity contribution is 5.79. The molecule has 0 fully saturated rings. The average molecular weight is 284 g/mol. The lowest BCUT2D eigenvalue weighted by Gasteiger charge is -2.11. The summed E-state index contributed by atoms with van der Waals surface area (Å²) < 4.78 is 1.41. The lowest BCUT2D eigenvalue weighted by molar-refractivity contribution is 0.936. The SMILES string of the molecule is CCNc1nc(NCC)n2c(=O)c3ccccc3nc2n1. The summed E-state index contributed by atoms with van der Waals surface area (Å²) in [6.07, 6.45) is 0. The number of para-hydroxylation sites is 1. The largest absolute Gasteiger partial charge is 0.355 e. The smallest absolute Gasteiger partial charge is 0.269 e. The fraction of sp³-hybridized carbons (Fsp3) is 0.286. The highest BCUT2D eigenvalue weighted by Crippen LogP contribution is 2.12. The zero-order chi connectivity index (χ0) is 14.8. The molecule has 2 heterocycles. The van der Waals surface area contributed by atoms with Gasteiger partial charge in [0.25, 0.3) is 5.56 Å². The molecule has 0 spiro atoms. The summed E-state index contributed by atoms with van der Waals surface area (Å²) in [4.78, 5) is 25.7. The molecular formula is C14H16N6O. The molecule has 0 saturated carbocycles. The summed E-state index contributed by atoms with van der Waals surface area (Å²) in [7, 11) is 0. The van der Waals surface area contributed by atoms with E-state index in [9.17, 15) is 4.79 Å². The molecule has 0 radical (unpaired) electrons. The molecular weight excluding hydrogens is 268 g/mol. The number of anilines is 2. The Morgan fingerprint density at radius 1 is 1.05 bits per heavy atom. The molecule has 0 aliphatic carbocycles. The molecule has 0 atom stereocenters. The number of hydrogen-bond donors (Lipinski definition) is 2. The van der Waals surface area contributed by atoms with Gasteiger partial charge in [-0.2, -0.15) is 9.97 Å². The summed E-state index contributed by atoms with van der Waals surface area (Å²) in [6.45, 7) is 5.25.